The molecule has 0 aliphatic heterocycles. The number of nitrogens with one attached hydrogen (secondary N) is 1. The number of hydrogen-bond donors (Lipinski definition) is 1. The second kappa shape index (κ2) is 7.14. The Balaban J connectivity index is 1.66. The van der Waals surface area contributed by atoms with E-state index in [2.05, 4.69) is 15.5 Å². The van der Waals surface area contributed by atoms with Crippen LogP contribution in [0.4, 0.5) is 5.69 Å². The minimum absolute atomic E-state index is 0.122. The van der Waals surface area contributed by atoms with E-state index in [4.69, 9.17) is 20.9 Å². The predicted molar refractivity (Wildman–Crippen MR) is 89.8 cm³/mol. The Hall–Kier alpha value is -2.86. The Morgan fingerprint density at radius 2 is 2.08 bits per heavy atom. The molecule has 1 N–H and O–H groups in total. The number of amides is 1. The Labute approximate surface area is 143 Å². The normalized spacial score (nSPS) is 10.4. The van der Waals surface area contributed by atoms with Crippen molar-refractivity contribution >= 4 is 23.2 Å². The van der Waals surface area contributed by atoms with Crippen LogP contribution in [-0.4, -0.2) is 16.0 Å². The van der Waals surface area contributed by atoms with Crippen molar-refractivity contribution in [3.8, 4) is 17.1 Å². The standard InChI is InChI=1S/C17H14ClN3O3/c1-11(22)19-14-6-3-7-15(9-14)23-10-16-20-17(21-24-16)12-4-2-5-13(18)8-12/h2-9H,10H2,1H3,(H,19,22). The second-order valence-corrected chi connectivity index (χ2v) is 5.46. The summed E-state index contributed by atoms with van der Waals surface area (Å²) in [4.78, 5) is 15.3. The summed E-state index contributed by atoms with van der Waals surface area (Å²) in [6.45, 7) is 1.57. The van der Waals surface area contributed by atoms with Gasteiger partial charge in [-0.3, -0.25) is 4.79 Å². The van der Waals surface area contributed by atoms with Gasteiger partial charge in [0, 0.05) is 29.3 Å². The first-order valence-electron chi connectivity index (χ1n) is 7.19. The number of ether oxygens (including phenoxy) is 1. The minimum Gasteiger partial charge on any atom is -0.484 e. The van der Waals surface area contributed by atoms with Gasteiger partial charge >= 0.3 is 0 Å². The summed E-state index contributed by atoms with van der Waals surface area (Å²) in [5.41, 5.74) is 1.43. The zero-order chi connectivity index (χ0) is 16.9. The highest BCUT2D eigenvalue weighted by atomic mass is 35.5. The SMILES string of the molecule is CC(=O)Nc1cccc(OCc2nc(-c3cccc(Cl)c3)no2)c1. The molecule has 1 heterocycles. The molecule has 3 aromatic rings. The second-order valence-electron chi connectivity index (χ2n) is 5.02. The van der Waals surface area contributed by atoms with Crippen molar-refractivity contribution in [1.29, 1.82) is 0 Å². The van der Waals surface area contributed by atoms with Gasteiger partial charge in [0.2, 0.25) is 11.7 Å². The average molecular weight is 344 g/mol. The lowest BCUT2D eigenvalue weighted by Crippen LogP contribution is -2.05. The maximum Gasteiger partial charge on any atom is 0.264 e. The molecule has 0 saturated heterocycles. The molecule has 1 amide bonds. The monoisotopic (exact) mass is 343 g/mol. The molecule has 0 radical (unpaired) electrons. The molecule has 0 aliphatic carbocycles. The fourth-order valence-corrected chi connectivity index (χ4v) is 2.26. The Morgan fingerprint density at radius 1 is 1.25 bits per heavy atom. The number of hydrogen-bond acceptors (Lipinski definition) is 5. The minimum atomic E-state index is -0.143. The molecule has 0 bridgehead atoms. The van der Waals surface area contributed by atoms with E-state index in [0.717, 1.165) is 5.56 Å². The lowest BCUT2D eigenvalue weighted by atomic mass is 10.2. The zero-order valence-corrected chi connectivity index (χ0v) is 13.6. The molecule has 0 atom stereocenters. The van der Waals surface area contributed by atoms with Crippen LogP contribution >= 0.6 is 11.6 Å². The van der Waals surface area contributed by atoms with E-state index in [-0.39, 0.29) is 12.5 Å². The molecule has 0 unspecified atom stereocenters. The van der Waals surface area contributed by atoms with Gasteiger partial charge in [0.05, 0.1) is 0 Å². The van der Waals surface area contributed by atoms with E-state index in [1.54, 1.807) is 36.4 Å². The summed E-state index contributed by atoms with van der Waals surface area (Å²) < 4.78 is 10.8. The van der Waals surface area contributed by atoms with Crippen LogP contribution in [0.2, 0.25) is 5.02 Å². The first-order valence-corrected chi connectivity index (χ1v) is 7.57. The van der Waals surface area contributed by atoms with Gasteiger partial charge in [-0.25, -0.2) is 0 Å². The summed E-state index contributed by atoms with van der Waals surface area (Å²) in [5, 5.41) is 7.21. The van der Waals surface area contributed by atoms with Crippen molar-refractivity contribution in [3.05, 3.63) is 59.4 Å². The van der Waals surface area contributed by atoms with Crippen molar-refractivity contribution in [2.75, 3.05) is 5.32 Å². The molecule has 24 heavy (non-hydrogen) atoms. The molecule has 2 aromatic carbocycles. The number of benzene rings is 2. The van der Waals surface area contributed by atoms with Crippen molar-refractivity contribution in [2.45, 2.75) is 13.5 Å². The van der Waals surface area contributed by atoms with Gasteiger partial charge in [-0.2, -0.15) is 4.98 Å². The fourth-order valence-electron chi connectivity index (χ4n) is 2.07. The van der Waals surface area contributed by atoms with Gasteiger partial charge in [0.1, 0.15) is 5.75 Å². The molecule has 7 heteroatoms. The third kappa shape index (κ3) is 4.11. The first-order chi connectivity index (χ1) is 11.6. The Bertz CT molecular complexity index is 864. The summed E-state index contributed by atoms with van der Waals surface area (Å²) in [6, 6.07) is 14.3. The van der Waals surface area contributed by atoms with Gasteiger partial charge in [-0.1, -0.05) is 35.0 Å². The Kier molecular flexibility index (Phi) is 4.77. The average Bonchev–Trinajstić information content (AvgIpc) is 3.02. The van der Waals surface area contributed by atoms with Crippen molar-refractivity contribution < 1.29 is 14.1 Å². The molecular formula is C17H14ClN3O3. The van der Waals surface area contributed by atoms with Gasteiger partial charge in [-0.05, 0) is 24.3 Å². The molecular weight excluding hydrogens is 330 g/mol. The van der Waals surface area contributed by atoms with Crippen molar-refractivity contribution in [3.63, 3.8) is 0 Å². The lowest BCUT2D eigenvalue weighted by Gasteiger charge is -2.06. The maximum absolute atomic E-state index is 11.1. The fraction of sp³-hybridized carbons (Fsp3) is 0.118. The highest BCUT2D eigenvalue weighted by molar-refractivity contribution is 6.30. The maximum atomic E-state index is 11.1. The molecule has 6 nitrogen and oxygen atoms in total. The smallest absolute Gasteiger partial charge is 0.264 e. The highest BCUT2D eigenvalue weighted by Gasteiger charge is 2.10. The third-order valence-corrected chi connectivity index (χ3v) is 3.30. The largest absolute Gasteiger partial charge is 0.484 e. The summed E-state index contributed by atoms with van der Waals surface area (Å²) in [5.74, 6) is 1.23. The van der Waals surface area contributed by atoms with E-state index in [9.17, 15) is 4.79 Å². The number of carbonyl (C=O) groups is 1. The molecule has 1 aromatic heterocycles. The van der Waals surface area contributed by atoms with E-state index < -0.39 is 0 Å². The summed E-state index contributed by atoms with van der Waals surface area (Å²) >= 11 is 5.95. The lowest BCUT2D eigenvalue weighted by molar-refractivity contribution is -0.114. The van der Waals surface area contributed by atoms with Crippen LogP contribution in [0, 0.1) is 0 Å². The van der Waals surface area contributed by atoms with Gasteiger partial charge in [0.15, 0.2) is 6.61 Å². The Morgan fingerprint density at radius 3 is 2.88 bits per heavy atom. The van der Waals surface area contributed by atoms with Crippen molar-refractivity contribution in [1.82, 2.24) is 10.1 Å². The number of carbonyl (C=O) groups excluding carboxylic acids is 1. The van der Waals surface area contributed by atoms with Gasteiger partial charge in [0.25, 0.3) is 5.89 Å². The van der Waals surface area contributed by atoms with Crippen LogP contribution in [-0.2, 0) is 11.4 Å². The quantitative estimate of drug-likeness (QED) is 0.759. The number of halogens is 1. The predicted octanol–water partition coefficient (Wildman–Crippen LogP) is 3.93. The molecule has 122 valence electrons. The molecule has 0 fully saturated rings. The number of nitrogens with zero attached hydrogens (tertiary/aromatic N) is 2. The van der Waals surface area contributed by atoms with E-state index >= 15 is 0 Å². The van der Waals surface area contributed by atoms with Crippen LogP contribution in [0.3, 0.4) is 0 Å². The highest BCUT2D eigenvalue weighted by Crippen LogP contribution is 2.21. The summed E-state index contributed by atoms with van der Waals surface area (Å²) in [6.07, 6.45) is 0. The number of anilines is 1. The molecule has 3 rings (SSSR count). The topological polar surface area (TPSA) is 77.2 Å². The van der Waals surface area contributed by atoms with Crippen LogP contribution in [0.25, 0.3) is 11.4 Å². The van der Waals surface area contributed by atoms with E-state index in [1.807, 2.05) is 12.1 Å². The van der Waals surface area contributed by atoms with Crippen LogP contribution in [0.15, 0.2) is 53.1 Å². The summed E-state index contributed by atoms with van der Waals surface area (Å²) in [7, 11) is 0. The van der Waals surface area contributed by atoms with Crippen LogP contribution in [0.5, 0.6) is 5.75 Å². The number of aromatic nitrogens is 2. The van der Waals surface area contributed by atoms with Gasteiger partial charge < -0.3 is 14.6 Å². The van der Waals surface area contributed by atoms with Crippen molar-refractivity contribution in [2.24, 2.45) is 0 Å². The zero-order valence-electron chi connectivity index (χ0n) is 12.8. The number of rotatable bonds is 5. The van der Waals surface area contributed by atoms with E-state index in [0.29, 0.717) is 28.2 Å². The molecule has 0 saturated carbocycles. The first kappa shape index (κ1) is 16.0. The van der Waals surface area contributed by atoms with Crippen LogP contribution < -0.4 is 10.1 Å². The molecule has 0 spiro atoms. The van der Waals surface area contributed by atoms with E-state index in [1.165, 1.54) is 6.92 Å². The third-order valence-electron chi connectivity index (χ3n) is 3.07. The molecule has 0 aliphatic rings. The van der Waals surface area contributed by atoms with Gasteiger partial charge in [-0.15, -0.1) is 0 Å². The van der Waals surface area contributed by atoms with Crippen LogP contribution in [0.1, 0.15) is 12.8 Å².